The van der Waals surface area contributed by atoms with Crippen LogP contribution in [0.4, 0.5) is 4.79 Å². The number of aldehydes is 1. The smallest absolute Gasteiger partial charge is 0.410 e. The van der Waals surface area contributed by atoms with E-state index in [4.69, 9.17) is 4.74 Å². The maximum absolute atomic E-state index is 12.8. The average molecular weight is 632 g/mol. The van der Waals surface area contributed by atoms with E-state index in [9.17, 15) is 9.59 Å². The Morgan fingerprint density at radius 3 is 2.14 bits per heavy atom. The number of amides is 1. The van der Waals surface area contributed by atoms with Crippen LogP contribution in [0.15, 0.2) is 54.9 Å². The van der Waals surface area contributed by atoms with Crippen LogP contribution in [0.3, 0.4) is 0 Å². The van der Waals surface area contributed by atoms with Gasteiger partial charge >= 0.3 is 6.09 Å². The number of rotatable bonds is 6. The van der Waals surface area contributed by atoms with Gasteiger partial charge in [-0.3, -0.25) is 9.69 Å². The Kier molecular flexibility index (Phi) is 7.76. The summed E-state index contributed by atoms with van der Waals surface area (Å²) >= 11 is 3.63. The third-order valence-electron chi connectivity index (χ3n) is 7.89. The number of likely N-dealkylation sites (tertiary alicyclic amines) is 1. The number of ether oxygens (including phenoxy) is 1. The average Bonchev–Trinajstić information content (AvgIpc) is 3.78. The summed E-state index contributed by atoms with van der Waals surface area (Å²) < 4.78 is 7.76. The molecule has 2 aliphatic rings. The number of imidazole rings is 2. The van der Waals surface area contributed by atoms with Gasteiger partial charge in [0.15, 0.2) is 6.29 Å². The van der Waals surface area contributed by atoms with Gasteiger partial charge in [-0.05, 0) is 69.2 Å². The lowest BCUT2D eigenvalue weighted by Crippen LogP contribution is -2.36. The van der Waals surface area contributed by atoms with Crippen LogP contribution in [0.5, 0.6) is 0 Å². The van der Waals surface area contributed by atoms with Crippen molar-refractivity contribution in [3.8, 4) is 33.6 Å². The van der Waals surface area contributed by atoms with E-state index in [0.717, 1.165) is 83.8 Å². The van der Waals surface area contributed by atoms with Crippen molar-refractivity contribution in [2.75, 3.05) is 13.1 Å². The number of halogens is 1. The zero-order valence-electron chi connectivity index (χ0n) is 24.1. The second-order valence-electron chi connectivity index (χ2n) is 12.0. The highest BCUT2D eigenvalue weighted by Gasteiger charge is 2.35. The molecule has 2 saturated heterocycles. The standard InChI is InChI=1S/C32H35BrN6O3/c1-32(2,3)42-31(41)38-14-4-6-27(38)29-34-18-26(37-29)22-12-13-24(23(16-22)19-40)20-8-10-21(11-9-20)25-17-35-30(36-25)28-7-5-15-39(28)33/h8-13,16-19,27-28H,4-7,14-15H2,1-3H3,(H,34,37)(H,35,36)/t27-,28-/m0/s1. The molecule has 0 radical (unpaired) electrons. The summed E-state index contributed by atoms with van der Waals surface area (Å²) in [6, 6.07) is 14.1. The van der Waals surface area contributed by atoms with Gasteiger partial charge in [0.1, 0.15) is 17.2 Å². The molecular formula is C32H35BrN6O3. The highest BCUT2D eigenvalue weighted by molar-refractivity contribution is 9.07. The maximum Gasteiger partial charge on any atom is 0.410 e. The molecule has 6 rings (SSSR count). The number of nitrogens with zero attached hydrogens (tertiary/aromatic N) is 4. The van der Waals surface area contributed by atoms with Crippen LogP contribution in [0.1, 0.15) is 80.5 Å². The van der Waals surface area contributed by atoms with Gasteiger partial charge in [0, 0.05) is 40.4 Å². The van der Waals surface area contributed by atoms with E-state index >= 15 is 0 Å². The van der Waals surface area contributed by atoms with Crippen LogP contribution in [-0.4, -0.2) is 59.8 Å². The molecule has 10 heteroatoms. The molecule has 0 aliphatic carbocycles. The number of aromatic nitrogens is 4. The zero-order chi connectivity index (χ0) is 29.4. The molecule has 42 heavy (non-hydrogen) atoms. The first-order chi connectivity index (χ1) is 20.2. The van der Waals surface area contributed by atoms with Crippen LogP contribution < -0.4 is 0 Å². The predicted molar refractivity (Wildman–Crippen MR) is 165 cm³/mol. The largest absolute Gasteiger partial charge is 0.444 e. The fourth-order valence-electron chi connectivity index (χ4n) is 5.82. The minimum Gasteiger partial charge on any atom is -0.444 e. The van der Waals surface area contributed by atoms with Gasteiger partial charge in [-0.2, -0.15) is 0 Å². The quantitative estimate of drug-likeness (QED) is 0.169. The van der Waals surface area contributed by atoms with E-state index in [1.54, 1.807) is 11.1 Å². The van der Waals surface area contributed by atoms with E-state index in [2.05, 4.69) is 52.1 Å². The molecule has 1 amide bonds. The number of H-pyrrole nitrogens is 2. The van der Waals surface area contributed by atoms with Gasteiger partial charge in [-0.15, -0.1) is 0 Å². The number of nitrogens with one attached hydrogen (secondary N) is 2. The van der Waals surface area contributed by atoms with E-state index < -0.39 is 5.60 Å². The van der Waals surface area contributed by atoms with Crippen molar-refractivity contribution in [1.29, 1.82) is 0 Å². The lowest BCUT2D eigenvalue weighted by atomic mass is 9.96. The molecule has 4 heterocycles. The monoisotopic (exact) mass is 630 g/mol. The molecule has 2 N–H and O–H groups in total. The lowest BCUT2D eigenvalue weighted by molar-refractivity contribution is 0.0218. The molecule has 218 valence electrons. The summed E-state index contributed by atoms with van der Waals surface area (Å²) in [7, 11) is 0. The fraction of sp³-hybridized carbons (Fsp3) is 0.375. The van der Waals surface area contributed by atoms with E-state index in [0.29, 0.717) is 12.1 Å². The molecule has 2 fully saturated rings. The van der Waals surface area contributed by atoms with E-state index in [1.807, 2.05) is 57.3 Å². The Morgan fingerprint density at radius 1 is 0.905 bits per heavy atom. The highest BCUT2D eigenvalue weighted by atomic mass is 79.9. The minimum atomic E-state index is -0.556. The van der Waals surface area contributed by atoms with Crippen LogP contribution >= 0.6 is 16.1 Å². The van der Waals surface area contributed by atoms with Gasteiger partial charge in [-0.1, -0.05) is 36.4 Å². The predicted octanol–water partition coefficient (Wildman–Crippen LogP) is 7.47. The molecule has 0 bridgehead atoms. The van der Waals surface area contributed by atoms with Crippen molar-refractivity contribution in [3.63, 3.8) is 0 Å². The Balaban J connectivity index is 1.19. The van der Waals surface area contributed by atoms with Crippen molar-refractivity contribution in [2.24, 2.45) is 0 Å². The molecular weight excluding hydrogens is 596 g/mol. The second-order valence-corrected chi connectivity index (χ2v) is 12.9. The Bertz CT molecular complexity index is 1590. The number of benzene rings is 2. The number of hydrogen-bond acceptors (Lipinski definition) is 6. The first-order valence-electron chi connectivity index (χ1n) is 14.4. The van der Waals surface area contributed by atoms with E-state index in [-0.39, 0.29) is 18.2 Å². The Hall–Kier alpha value is -3.76. The third-order valence-corrected chi connectivity index (χ3v) is 8.74. The first kappa shape index (κ1) is 28.4. The SMILES string of the molecule is CC(C)(C)OC(=O)N1CCC[C@H]1c1ncc(-c2ccc(-c3ccc(-c4cnc([C@@H]5CCCN5Br)[nH]4)cc3)c(C=O)c2)[nH]1. The van der Waals surface area contributed by atoms with Crippen LogP contribution in [0.25, 0.3) is 33.6 Å². The van der Waals surface area contributed by atoms with Crippen molar-refractivity contribution in [3.05, 3.63) is 72.1 Å². The number of aromatic amines is 2. The van der Waals surface area contributed by atoms with Crippen LogP contribution in [-0.2, 0) is 4.74 Å². The van der Waals surface area contributed by atoms with Crippen LogP contribution in [0, 0.1) is 0 Å². The summed E-state index contributed by atoms with van der Waals surface area (Å²) in [4.78, 5) is 42.8. The normalized spacial score (nSPS) is 19.4. The van der Waals surface area contributed by atoms with Gasteiger partial charge in [0.25, 0.3) is 0 Å². The molecule has 2 aliphatic heterocycles. The first-order valence-corrected chi connectivity index (χ1v) is 15.1. The fourth-order valence-corrected chi connectivity index (χ4v) is 6.47. The molecule has 4 aromatic rings. The molecule has 0 spiro atoms. The van der Waals surface area contributed by atoms with Crippen molar-refractivity contribution in [2.45, 2.75) is 64.1 Å². The maximum atomic E-state index is 12.8. The summed E-state index contributed by atoms with van der Waals surface area (Å²) in [5, 5.41) is 0. The van der Waals surface area contributed by atoms with Gasteiger partial charge in [0.05, 0.1) is 35.9 Å². The van der Waals surface area contributed by atoms with Gasteiger partial charge < -0.3 is 14.7 Å². The van der Waals surface area contributed by atoms with Crippen molar-refractivity contribution >= 4 is 28.5 Å². The minimum absolute atomic E-state index is 0.167. The Labute approximate surface area is 254 Å². The van der Waals surface area contributed by atoms with Crippen molar-refractivity contribution in [1.82, 2.24) is 28.8 Å². The van der Waals surface area contributed by atoms with Crippen LogP contribution in [0.2, 0.25) is 0 Å². The number of hydrogen-bond donors (Lipinski definition) is 2. The highest BCUT2D eigenvalue weighted by Crippen LogP contribution is 2.36. The van der Waals surface area contributed by atoms with Gasteiger partial charge in [0.2, 0.25) is 0 Å². The third kappa shape index (κ3) is 5.78. The van der Waals surface area contributed by atoms with Crippen molar-refractivity contribution < 1.29 is 14.3 Å². The summed E-state index contributed by atoms with van der Waals surface area (Å²) in [6.45, 7) is 7.25. The van der Waals surface area contributed by atoms with Gasteiger partial charge in [-0.25, -0.2) is 18.7 Å². The molecule has 2 atom stereocenters. The number of carbonyl (C=O) groups excluding carboxylic acids is 2. The number of carbonyl (C=O) groups is 2. The summed E-state index contributed by atoms with van der Waals surface area (Å²) in [5.41, 5.74) is 5.52. The molecule has 2 aromatic carbocycles. The molecule has 0 unspecified atom stereocenters. The molecule has 2 aromatic heterocycles. The molecule has 0 saturated carbocycles. The van der Waals surface area contributed by atoms with E-state index in [1.165, 1.54) is 0 Å². The summed E-state index contributed by atoms with van der Waals surface area (Å²) in [6.07, 6.45) is 8.13. The summed E-state index contributed by atoms with van der Waals surface area (Å²) in [5.74, 6) is 1.69. The lowest BCUT2D eigenvalue weighted by Gasteiger charge is -2.27. The Morgan fingerprint density at radius 2 is 1.50 bits per heavy atom. The topological polar surface area (TPSA) is 107 Å². The zero-order valence-corrected chi connectivity index (χ0v) is 25.6. The molecule has 9 nitrogen and oxygen atoms in total. The second kappa shape index (κ2) is 11.5.